The molecule has 0 bridgehead atoms. The molecule has 1 unspecified atom stereocenters. The lowest BCUT2D eigenvalue weighted by Gasteiger charge is -2.27. The van der Waals surface area contributed by atoms with Gasteiger partial charge in [0.25, 0.3) is 5.91 Å². The second-order valence-electron chi connectivity index (χ2n) is 9.40. The Morgan fingerprint density at radius 1 is 0.909 bits per heavy atom. The number of fused-ring (bicyclic) bond motifs is 1. The highest BCUT2D eigenvalue weighted by molar-refractivity contribution is 5.94. The van der Waals surface area contributed by atoms with Crippen LogP contribution in [0.3, 0.4) is 0 Å². The van der Waals surface area contributed by atoms with E-state index in [1.807, 2.05) is 24.3 Å². The van der Waals surface area contributed by atoms with Gasteiger partial charge in [0.1, 0.15) is 5.82 Å². The largest absolute Gasteiger partial charge is 0.351 e. The molecule has 3 nitrogen and oxygen atoms in total. The van der Waals surface area contributed by atoms with E-state index in [2.05, 4.69) is 28.4 Å². The van der Waals surface area contributed by atoms with Crippen molar-refractivity contribution < 1.29 is 9.18 Å². The fourth-order valence-electron chi connectivity index (χ4n) is 5.25. The Hall–Kier alpha value is -2.98. The summed E-state index contributed by atoms with van der Waals surface area (Å²) in [6.07, 6.45) is 6.07. The minimum absolute atomic E-state index is 0.0431. The van der Waals surface area contributed by atoms with Gasteiger partial charge in [0, 0.05) is 24.6 Å². The van der Waals surface area contributed by atoms with Gasteiger partial charge < -0.3 is 5.32 Å². The summed E-state index contributed by atoms with van der Waals surface area (Å²) in [6.45, 7) is 4.16. The van der Waals surface area contributed by atoms with Crippen LogP contribution in [0.2, 0.25) is 0 Å². The number of hydrogen-bond donors (Lipinski definition) is 1. The molecule has 0 spiro atoms. The van der Waals surface area contributed by atoms with Crippen LogP contribution in [0.4, 0.5) is 4.39 Å². The van der Waals surface area contributed by atoms with Crippen molar-refractivity contribution in [2.75, 3.05) is 19.6 Å². The van der Waals surface area contributed by atoms with Gasteiger partial charge in [0.05, 0.1) is 0 Å². The van der Waals surface area contributed by atoms with Crippen LogP contribution in [-0.4, -0.2) is 30.4 Å². The van der Waals surface area contributed by atoms with E-state index in [4.69, 9.17) is 0 Å². The van der Waals surface area contributed by atoms with Crippen molar-refractivity contribution in [1.29, 1.82) is 0 Å². The van der Waals surface area contributed by atoms with Gasteiger partial charge in [-0.3, -0.25) is 9.69 Å². The van der Waals surface area contributed by atoms with Crippen LogP contribution >= 0.6 is 0 Å². The number of carbonyl (C=O) groups is 1. The number of amides is 1. The van der Waals surface area contributed by atoms with Gasteiger partial charge in [-0.05, 0) is 97.3 Å². The van der Waals surface area contributed by atoms with E-state index in [1.165, 1.54) is 61.2 Å². The molecule has 1 heterocycles. The standard InChI is InChI=1S/C29H31FN2O/c30-27-13-11-23(12-14-27)22-7-9-24(10-8-22)29(33)31-19-26-5-3-4-25-18-21(6-15-28(25)26)20-32-16-1-2-17-32/h6-15,18,26H,1-5,16-17,19-20H2,(H,31,33). The van der Waals surface area contributed by atoms with Crippen molar-refractivity contribution in [3.8, 4) is 11.1 Å². The van der Waals surface area contributed by atoms with Crippen molar-refractivity contribution >= 4 is 5.91 Å². The fraction of sp³-hybridized carbons (Fsp3) is 0.345. The first-order valence-electron chi connectivity index (χ1n) is 12.1. The Morgan fingerprint density at radius 2 is 1.61 bits per heavy atom. The minimum Gasteiger partial charge on any atom is -0.351 e. The number of benzene rings is 3. The molecular formula is C29H31FN2O. The number of aryl methyl sites for hydroxylation is 1. The summed E-state index contributed by atoms with van der Waals surface area (Å²) in [5.74, 6) is 0.0808. The monoisotopic (exact) mass is 442 g/mol. The molecule has 33 heavy (non-hydrogen) atoms. The third kappa shape index (κ3) is 5.17. The average molecular weight is 443 g/mol. The van der Waals surface area contributed by atoms with Crippen LogP contribution in [0.15, 0.2) is 66.7 Å². The zero-order chi connectivity index (χ0) is 22.6. The first-order valence-corrected chi connectivity index (χ1v) is 12.1. The maximum absolute atomic E-state index is 13.2. The molecule has 1 N–H and O–H groups in total. The van der Waals surface area contributed by atoms with E-state index in [0.717, 1.165) is 30.5 Å². The topological polar surface area (TPSA) is 32.3 Å². The molecule has 2 aliphatic rings. The van der Waals surface area contributed by atoms with Crippen LogP contribution in [0, 0.1) is 5.82 Å². The lowest BCUT2D eigenvalue weighted by molar-refractivity contribution is 0.0950. The van der Waals surface area contributed by atoms with Gasteiger partial charge in [-0.15, -0.1) is 0 Å². The van der Waals surface area contributed by atoms with Crippen LogP contribution in [0.1, 0.15) is 58.6 Å². The number of nitrogens with zero attached hydrogens (tertiary/aromatic N) is 1. The smallest absolute Gasteiger partial charge is 0.251 e. The number of carbonyl (C=O) groups excluding carboxylic acids is 1. The Balaban J connectivity index is 1.21. The summed E-state index contributed by atoms with van der Waals surface area (Å²) >= 11 is 0. The molecule has 0 aromatic heterocycles. The van der Waals surface area contributed by atoms with E-state index < -0.39 is 0 Å². The molecule has 3 aromatic carbocycles. The van der Waals surface area contributed by atoms with Gasteiger partial charge in [-0.1, -0.05) is 42.5 Å². The van der Waals surface area contributed by atoms with E-state index in [0.29, 0.717) is 18.0 Å². The number of hydrogen-bond acceptors (Lipinski definition) is 2. The summed E-state index contributed by atoms with van der Waals surface area (Å²) in [6, 6.07) is 20.9. The van der Waals surface area contributed by atoms with E-state index >= 15 is 0 Å². The molecule has 0 radical (unpaired) electrons. The maximum Gasteiger partial charge on any atom is 0.251 e. The summed E-state index contributed by atoms with van der Waals surface area (Å²) < 4.78 is 13.2. The van der Waals surface area contributed by atoms with Crippen molar-refractivity contribution in [3.63, 3.8) is 0 Å². The molecular weight excluding hydrogens is 411 g/mol. The molecule has 3 aromatic rings. The minimum atomic E-state index is -0.248. The predicted molar refractivity (Wildman–Crippen MR) is 131 cm³/mol. The third-order valence-electron chi connectivity index (χ3n) is 7.08. The van der Waals surface area contributed by atoms with E-state index in [1.54, 1.807) is 12.1 Å². The Labute approximate surface area is 195 Å². The zero-order valence-electron chi connectivity index (χ0n) is 19.0. The highest BCUT2D eigenvalue weighted by Gasteiger charge is 2.22. The number of halogens is 1. The molecule has 1 aliphatic heterocycles. The lowest BCUT2D eigenvalue weighted by Crippen LogP contribution is -2.30. The van der Waals surface area contributed by atoms with E-state index in [-0.39, 0.29) is 11.7 Å². The van der Waals surface area contributed by atoms with Crippen molar-refractivity contribution in [2.45, 2.75) is 44.6 Å². The predicted octanol–water partition coefficient (Wildman–Crippen LogP) is 5.94. The first kappa shape index (κ1) is 21.8. The number of likely N-dealkylation sites (tertiary alicyclic amines) is 1. The normalized spacial score (nSPS) is 18.2. The zero-order valence-corrected chi connectivity index (χ0v) is 19.0. The molecule has 1 aliphatic carbocycles. The van der Waals surface area contributed by atoms with Gasteiger partial charge >= 0.3 is 0 Å². The van der Waals surface area contributed by atoms with Crippen LogP contribution < -0.4 is 5.32 Å². The molecule has 5 rings (SSSR count). The van der Waals surface area contributed by atoms with Crippen molar-refractivity contribution in [2.24, 2.45) is 0 Å². The van der Waals surface area contributed by atoms with E-state index in [9.17, 15) is 9.18 Å². The Morgan fingerprint density at radius 3 is 2.33 bits per heavy atom. The molecule has 1 fully saturated rings. The SMILES string of the molecule is O=C(NCC1CCCc2cc(CN3CCCC3)ccc21)c1ccc(-c2ccc(F)cc2)cc1. The molecule has 1 amide bonds. The quantitative estimate of drug-likeness (QED) is 0.512. The molecule has 170 valence electrons. The number of rotatable bonds is 6. The van der Waals surface area contributed by atoms with Gasteiger partial charge in [-0.2, -0.15) is 0 Å². The molecule has 1 saturated heterocycles. The first-order chi connectivity index (χ1) is 16.2. The van der Waals surface area contributed by atoms with Crippen molar-refractivity contribution in [1.82, 2.24) is 10.2 Å². The fourth-order valence-corrected chi connectivity index (χ4v) is 5.25. The summed E-state index contributed by atoms with van der Waals surface area (Å²) in [7, 11) is 0. The molecule has 1 atom stereocenters. The van der Waals surface area contributed by atoms with Crippen LogP contribution in [-0.2, 0) is 13.0 Å². The lowest BCUT2D eigenvalue weighted by atomic mass is 9.82. The second kappa shape index (κ2) is 9.88. The Kier molecular flexibility index (Phi) is 6.54. The molecule has 4 heteroatoms. The summed E-state index contributed by atoms with van der Waals surface area (Å²) in [5, 5.41) is 3.15. The number of nitrogens with one attached hydrogen (secondary N) is 1. The second-order valence-corrected chi connectivity index (χ2v) is 9.40. The summed E-state index contributed by atoms with van der Waals surface area (Å²) in [4.78, 5) is 15.3. The third-order valence-corrected chi connectivity index (χ3v) is 7.08. The van der Waals surface area contributed by atoms with Crippen LogP contribution in [0.25, 0.3) is 11.1 Å². The Bertz CT molecular complexity index is 1100. The van der Waals surface area contributed by atoms with Crippen LogP contribution in [0.5, 0.6) is 0 Å². The van der Waals surface area contributed by atoms with Gasteiger partial charge in [-0.25, -0.2) is 4.39 Å². The summed E-state index contributed by atoms with van der Waals surface area (Å²) in [5.41, 5.74) is 6.84. The van der Waals surface area contributed by atoms with Gasteiger partial charge in [0.15, 0.2) is 0 Å². The van der Waals surface area contributed by atoms with Crippen molar-refractivity contribution in [3.05, 3.63) is 94.8 Å². The highest BCUT2D eigenvalue weighted by atomic mass is 19.1. The highest BCUT2D eigenvalue weighted by Crippen LogP contribution is 2.32. The molecule has 0 saturated carbocycles. The maximum atomic E-state index is 13.2. The van der Waals surface area contributed by atoms with Gasteiger partial charge in [0.2, 0.25) is 0 Å². The average Bonchev–Trinajstić information content (AvgIpc) is 3.36.